The van der Waals surface area contributed by atoms with Crippen molar-refractivity contribution in [2.45, 2.75) is 13.8 Å². The van der Waals surface area contributed by atoms with Crippen molar-refractivity contribution in [1.29, 1.82) is 0 Å². The lowest BCUT2D eigenvalue weighted by molar-refractivity contribution is 0.102. The molecule has 0 fully saturated rings. The summed E-state index contributed by atoms with van der Waals surface area (Å²) < 4.78 is 6.76. The van der Waals surface area contributed by atoms with Crippen molar-refractivity contribution >= 4 is 43.4 Å². The van der Waals surface area contributed by atoms with Gasteiger partial charge in [-0.05, 0) is 48.4 Å². The molecule has 5 heteroatoms. The molecule has 3 aromatic carbocycles. The summed E-state index contributed by atoms with van der Waals surface area (Å²) in [6.07, 6.45) is 0. The molecule has 1 heterocycles. The third kappa shape index (κ3) is 3.02. The lowest BCUT2D eigenvalue weighted by atomic mass is 10.0. The van der Waals surface area contributed by atoms with Gasteiger partial charge in [-0.1, -0.05) is 47.7 Å². The van der Waals surface area contributed by atoms with Crippen LogP contribution in [0.1, 0.15) is 22.8 Å². The average Bonchev–Trinajstić information content (AvgIpc) is 3.02. The molecular formula is C21H18N2O2S. The maximum Gasteiger partial charge on any atom is 0.261 e. The number of rotatable bonds is 4. The van der Waals surface area contributed by atoms with E-state index in [0.29, 0.717) is 23.1 Å². The number of ether oxygens (including phenoxy) is 1. The van der Waals surface area contributed by atoms with Crippen LogP contribution in [0.5, 0.6) is 5.75 Å². The number of anilines is 1. The molecule has 1 amide bonds. The summed E-state index contributed by atoms with van der Waals surface area (Å²) in [6.45, 7) is 4.45. The molecule has 4 nitrogen and oxygen atoms in total. The molecule has 1 aromatic heterocycles. The standard InChI is InChI=1S/C21H18N2O2S/c1-3-25-17-11-9-14-6-4-5-7-15(14)19(17)20(24)23-21-22-16-10-8-13(2)12-18(16)26-21/h4-12H,3H2,1-2H3,(H,22,23,24). The first-order chi connectivity index (χ1) is 12.7. The topological polar surface area (TPSA) is 51.2 Å². The number of hydrogen-bond donors (Lipinski definition) is 1. The van der Waals surface area contributed by atoms with Gasteiger partial charge in [0.2, 0.25) is 0 Å². The Bertz CT molecular complexity index is 1120. The monoisotopic (exact) mass is 362 g/mol. The zero-order valence-corrected chi connectivity index (χ0v) is 15.4. The Balaban J connectivity index is 1.75. The fraction of sp³-hybridized carbons (Fsp3) is 0.143. The highest BCUT2D eigenvalue weighted by molar-refractivity contribution is 7.22. The lowest BCUT2D eigenvalue weighted by Gasteiger charge is -2.12. The Hall–Kier alpha value is -2.92. The van der Waals surface area contributed by atoms with E-state index in [-0.39, 0.29) is 5.91 Å². The largest absolute Gasteiger partial charge is 0.493 e. The molecule has 0 aliphatic rings. The highest BCUT2D eigenvalue weighted by Crippen LogP contribution is 2.31. The van der Waals surface area contributed by atoms with Crippen LogP contribution in [0.4, 0.5) is 5.13 Å². The maximum atomic E-state index is 13.0. The molecule has 0 unspecified atom stereocenters. The van der Waals surface area contributed by atoms with Crippen molar-refractivity contribution in [3.8, 4) is 5.75 Å². The van der Waals surface area contributed by atoms with E-state index >= 15 is 0 Å². The van der Waals surface area contributed by atoms with Crippen LogP contribution in [0.3, 0.4) is 0 Å². The molecule has 4 aromatic rings. The summed E-state index contributed by atoms with van der Waals surface area (Å²) in [5.74, 6) is 0.377. The van der Waals surface area contributed by atoms with Crippen LogP contribution >= 0.6 is 11.3 Å². The van der Waals surface area contributed by atoms with Crippen molar-refractivity contribution < 1.29 is 9.53 Å². The van der Waals surface area contributed by atoms with Gasteiger partial charge in [0.1, 0.15) is 5.75 Å². The smallest absolute Gasteiger partial charge is 0.261 e. The Kier molecular flexibility index (Phi) is 4.31. The highest BCUT2D eigenvalue weighted by atomic mass is 32.1. The van der Waals surface area contributed by atoms with Gasteiger partial charge in [-0.25, -0.2) is 4.98 Å². The van der Waals surface area contributed by atoms with Gasteiger partial charge in [0.15, 0.2) is 5.13 Å². The quantitative estimate of drug-likeness (QED) is 0.528. The molecule has 0 spiro atoms. The van der Waals surface area contributed by atoms with Gasteiger partial charge in [-0.3, -0.25) is 10.1 Å². The first-order valence-electron chi connectivity index (χ1n) is 8.49. The van der Waals surface area contributed by atoms with Crippen LogP contribution in [0.2, 0.25) is 0 Å². The number of aromatic nitrogens is 1. The van der Waals surface area contributed by atoms with Crippen molar-refractivity contribution in [2.24, 2.45) is 0 Å². The predicted molar refractivity (Wildman–Crippen MR) is 107 cm³/mol. The summed E-state index contributed by atoms with van der Waals surface area (Å²) in [5, 5.41) is 5.40. The summed E-state index contributed by atoms with van der Waals surface area (Å²) in [6, 6.07) is 17.7. The zero-order chi connectivity index (χ0) is 18.1. The first kappa shape index (κ1) is 16.5. The van der Waals surface area contributed by atoms with Gasteiger partial charge in [0.05, 0.1) is 22.4 Å². The summed E-state index contributed by atoms with van der Waals surface area (Å²) in [7, 11) is 0. The number of amides is 1. The molecule has 0 saturated heterocycles. The third-order valence-electron chi connectivity index (χ3n) is 4.18. The van der Waals surface area contributed by atoms with E-state index in [9.17, 15) is 4.79 Å². The van der Waals surface area contributed by atoms with E-state index in [2.05, 4.69) is 16.4 Å². The number of thiazole rings is 1. The fourth-order valence-electron chi connectivity index (χ4n) is 3.01. The zero-order valence-electron chi connectivity index (χ0n) is 14.6. The molecule has 130 valence electrons. The van der Waals surface area contributed by atoms with Crippen LogP contribution in [0.15, 0.2) is 54.6 Å². The molecule has 0 atom stereocenters. The van der Waals surface area contributed by atoms with Crippen molar-refractivity contribution in [3.05, 3.63) is 65.7 Å². The molecule has 26 heavy (non-hydrogen) atoms. The van der Waals surface area contributed by atoms with Gasteiger partial charge < -0.3 is 4.74 Å². The Morgan fingerprint density at radius 2 is 2.00 bits per heavy atom. The number of benzene rings is 3. The molecule has 0 radical (unpaired) electrons. The minimum absolute atomic E-state index is 0.207. The first-order valence-corrected chi connectivity index (χ1v) is 9.30. The van der Waals surface area contributed by atoms with E-state index in [4.69, 9.17) is 4.74 Å². The minimum atomic E-state index is -0.207. The number of fused-ring (bicyclic) bond motifs is 2. The third-order valence-corrected chi connectivity index (χ3v) is 5.12. The summed E-state index contributed by atoms with van der Waals surface area (Å²) in [5.41, 5.74) is 2.60. The van der Waals surface area contributed by atoms with Gasteiger partial charge in [-0.15, -0.1) is 0 Å². The molecular weight excluding hydrogens is 344 g/mol. The second kappa shape index (κ2) is 6.77. The van der Waals surface area contributed by atoms with E-state index < -0.39 is 0 Å². The maximum absolute atomic E-state index is 13.0. The van der Waals surface area contributed by atoms with Crippen molar-refractivity contribution in [3.63, 3.8) is 0 Å². The Labute approximate surface area is 155 Å². The Morgan fingerprint density at radius 3 is 2.85 bits per heavy atom. The van der Waals surface area contributed by atoms with E-state index in [1.807, 2.05) is 62.4 Å². The van der Waals surface area contributed by atoms with Crippen LogP contribution in [-0.4, -0.2) is 17.5 Å². The molecule has 0 aliphatic carbocycles. The van der Waals surface area contributed by atoms with Crippen LogP contribution < -0.4 is 10.1 Å². The van der Waals surface area contributed by atoms with Crippen LogP contribution in [0.25, 0.3) is 21.0 Å². The highest BCUT2D eigenvalue weighted by Gasteiger charge is 2.18. The summed E-state index contributed by atoms with van der Waals surface area (Å²) in [4.78, 5) is 17.6. The van der Waals surface area contributed by atoms with Gasteiger partial charge in [0.25, 0.3) is 5.91 Å². The van der Waals surface area contributed by atoms with Crippen molar-refractivity contribution in [1.82, 2.24) is 4.98 Å². The SMILES string of the molecule is CCOc1ccc2ccccc2c1C(=O)Nc1nc2ccc(C)cc2s1. The number of aryl methyl sites for hydroxylation is 1. The second-order valence-corrected chi connectivity index (χ2v) is 7.07. The predicted octanol–water partition coefficient (Wildman–Crippen LogP) is 5.41. The van der Waals surface area contributed by atoms with Crippen LogP contribution in [0, 0.1) is 6.92 Å². The number of hydrogen-bond acceptors (Lipinski definition) is 4. The van der Waals surface area contributed by atoms with Crippen LogP contribution in [-0.2, 0) is 0 Å². The number of nitrogens with zero attached hydrogens (tertiary/aromatic N) is 1. The van der Waals surface area contributed by atoms with E-state index in [1.54, 1.807) is 0 Å². The van der Waals surface area contributed by atoms with Gasteiger partial charge in [-0.2, -0.15) is 0 Å². The summed E-state index contributed by atoms with van der Waals surface area (Å²) >= 11 is 1.48. The Morgan fingerprint density at radius 1 is 1.15 bits per heavy atom. The van der Waals surface area contributed by atoms with Crippen molar-refractivity contribution in [2.75, 3.05) is 11.9 Å². The average molecular weight is 362 g/mol. The van der Waals surface area contributed by atoms with E-state index in [1.165, 1.54) is 16.9 Å². The van der Waals surface area contributed by atoms with E-state index in [0.717, 1.165) is 21.0 Å². The molecule has 0 saturated carbocycles. The fourth-order valence-corrected chi connectivity index (χ4v) is 3.97. The molecule has 4 rings (SSSR count). The van der Waals surface area contributed by atoms with Gasteiger partial charge >= 0.3 is 0 Å². The number of carbonyl (C=O) groups is 1. The number of carbonyl (C=O) groups excluding carboxylic acids is 1. The second-order valence-electron chi connectivity index (χ2n) is 6.04. The molecule has 0 bridgehead atoms. The minimum Gasteiger partial charge on any atom is -0.493 e. The molecule has 1 N–H and O–H groups in total. The number of nitrogens with one attached hydrogen (secondary N) is 1. The lowest BCUT2D eigenvalue weighted by Crippen LogP contribution is -2.14. The van der Waals surface area contributed by atoms with Gasteiger partial charge in [0, 0.05) is 0 Å². The normalized spacial score (nSPS) is 11.0. The molecule has 0 aliphatic heterocycles.